The second kappa shape index (κ2) is 8.91. The van der Waals surface area contributed by atoms with E-state index in [0.717, 1.165) is 0 Å². The fraction of sp³-hybridized carbons (Fsp3) is 0.300. The Kier molecular flexibility index (Phi) is 7.15. The van der Waals surface area contributed by atoms with Crippen LogP contribution in [0.2, 0.25) is 13.1 Å². The van der Waals surface area contributed by atoms with Gasteiger partial charge in [0.2, 0.25) is 0 Å². The van der Waals surface area contributed by atoms with E-state index in [-0.39, 0.29) is 0 Å². The number of rotatable bonds is 9. The summed E-state index contributed by atoms with van der Waals surface area (Å²) in [5.41, 5.74) is 2.18. The molecule has 0 saturated heterocycles. The maximum Gasteiger partial charge on any atom is 0.307 e. The van der Waals surface area contributed by atoms with Gasteiger partial charge < -0.3 is 8.85 Å². The lowest BCUT2D eigenvalue weighted by Gasteiger charge is -2.45. The molecule has 0 radical (unpaired) electrons. The summed E-state index contributed by atoms with van der Waals surface area (Å²) in [5.74, 6) is 0. The summed E-state index contributed by atoms with van der Waals surface area (Å²) in [6, 6.07) is 21.8. The van der Waals surface area contributed by atoms with Crippen molar-refractivity contribution >= 4 is 33.9 Å². The minimum atomic E-state index is -2.47. The lowest BCUT2D eigenvalue weighted by molar-refractivity contribution is 0.218. The van der Waals surface area contributed by atoms with Crippen LogP contribution in [-0.4, -0.2) is 36.7 Å². The molecule has 0 heterocycles. The molecule has 25 heavy (non-hydrogen) atoms. The molecule has 0 atom stereocenters. The molecule has 0 bridgehead atoms. The van der Waals surface area contributed by atoms with E-state index in [2.05, 4.69) is 99.9 Å². The third-order valence-electron chi connectivity index (χ3n) is 4.77. The van der Waals surface area contributed by atoms with Crippen molar-refractivity contribution in [1.82, 2.24) is 0 Å². The molecule has 2 nitrogen and oxygen atoms in total. The Bertz CT molecular complexity index is 614. The van der Waals surface area contributed by atoms with E-state index in [1.54, 1.807) is 0 Å². The molecule has 0 unspecified atom stereocenters. The van der Waals surface area contributed by atoms with Crippen molar-refractivity contribution in [1.29, 1.82) is 0 Å². The molecule has 2 rings (SSSR count). The lowest BCUT2D eigenvalue weighted by Crippen LogP contribution is -2.78. The zero-order valence-corrected chi connectivity index (χ0v) is 19.0. The minimum Gasteiger partial charge on any atom is -0.399 e. The van der Waals surface area contributed by atoms with E-state index in [4.69, 9.17) is 8.85 Å². The second-order valence-electron chi connectivity index (χ2n) is 6.71. The Morgan fingerprint density at radius 1 is 0.840 bits per heavy atom. The third-order valence-corrected chi connectivity index (χ3v) is 33.3. The van der Waals surface area contributed by atoms with E-state index >= 15 is 0 Å². The van der Waals surface area contributed by atoms with Crippen LogP contribution >= 0.6 is 0 Å². The largest absolute Gasteiger partial charge is 0.399 e. The quantitative estimate of drug-likeness (QED) is 0.617. The smallest absolute Gasteiger partial charge is 0.307 e. The van der Waals surface area contributed by atoms with Gasteiger partial charge in [0.1, 0.15) is 7.59 Å². The van der Waals surface area contributed by atoms with Gasteiger partial charge in [0, 0.05) is 13.2 Å². The molecular formula is C20H30O2Si3. The molecule has 0 aliphatic heterocycles. The van der Waals surface area contributed by atoms with Crippen LogP contribution < -0.4 is 10.4 Å². The van der Waals surface area contributed by atoms with Crippen molar-refractivity contribution in [3.63, 3.8) is 0 Å². The molecule has 0 amide bonds. The average molecular weight is 387 g/mol. The standard InChI is InChI=1S/C20H30O2Si3/c1-6-21-25(22-7-2,24(4,5)8-3)23(19-15-11-9-12-16-19)20-17-13-10-14-18-20/h8-18,23H,3,6-7H2,1-2,4-5H3. The molecule has 134 valence electrons. The van der Waals surface area contributed by atoms with E-state index in [9.17, 15) is 0 Å². The Labute approximate surface area is 156 Å². The van der Waals surface area contributed by atoms with Crippen molar-refractivity contribution < 1.29 is 8.85 Å². The van der Waals surface area contributed by atoms with Gasteiger partial charge >= 0.3 is 7.60 Å². The van der Waals surface area contributed by atoms with Crippen molar-refractivity contribution in [3.05, 3.63) is 72.9 Å². The Morgan fingerprint density at radius 2 is 1.24 bits per heavy atom. The van der Waals surface area contributed by atoms with Gasteiger partial charge in [-0.15, -0.1) is 6.58 Å². The highest BCUT2D eigenvalue weighted by atomic mass is 29.6. The molecule has 0 aliphatic rings. The van der Waals surface area contributed by atoms with Crippen LogP contribution in [0.15, 0.2) is 72.9 Å². The molecule has 0 aliphatic carbocycles. The fourth-order valence-corrected chi connectivity index (χ4v) is 31.7. The summed E-state index contributed by atoms with van der Waals surface area (Å²) in [4.78, 5) is 0. The number of benzene rings is 2. The van der Waals surface area contributed by atoms with E-state index in [1.807, 2.05) is 0 Å². The molecule has 0 fully saturated rings. The van der Waals surface area contributed by atoms with Gasteiger partial charge in [0.25, 0.3) is 0 Å². The van der Waals surface area contributed by atoms with E-state index in [1.165, 1.54) is 10.4 Å². The predicted octanol–water partition coefficient (Wildman–Crippen LogP) is 3.13. The van der Waals surface area contributed by atoms with Crippen molar-refractivity contribution in [2.75, 3.05) is 13.2 Å². The molecule has 0 saturated carbocycles. The summed E-state index contributed by atoms with van der Waals surface area (Å²) in [7, 11) is -6.08. The molecule has 0 spiro atoms. The first-order valence-corrected chi connectivity index (χ1v) is 17.9. The van der Waals surface area contributed by atoms with Gasteiger partial charge in [-0.3, -0.25) is 0 Å². The van der Waals surface area contributed by atoms with Gasteiger partial charge in [0.15, 0.2) is 8.31 Å². The number of hydrogen-bond donors (Lipinski definition) is 0. The van der Waals surface area contributed by atoms with Crippen LogP contribution in [0.4, 0.5) is 0 Å². The Morgan fingerprint density at radius 3 is 1.56 bits per heavy atom. The summed E-state index contributed by atoms with van der Waals surface area (Å²) in [6.45, 7) is 14.5. The van der Waals surface area contributed by atoms with Crippen LogP contribution in [0, 0.1) is 0 Å². The molecule has 0 aromatic heterocycles. The van der Waals surface area contributed by atoms with Gasteiger partial charge in [0.05, 0.1) is 0 Å². The van der Waals surface area contributed by atoms with Gasteiger partial charge in [-0.2, -0.15) is 0 Å². The number of hydrogen-bond acceptors (Lipinski definition) is 2. The fourth-order valence-electron chi connectivity index (χ4n) is 3.45. The van der Waals surface area contributed by atoms with Crippen LogP contribution in [0.1, 0.15) is 13.8 Å². The highest BCUT2D eigenvalue weighted by Crippen LogP contribution is 2.26. The summed E-state index contributed by atoms with van der Waals surface area (Å²) >= 11 is 0. The Balaban J connectivity index is 2.75. The topological polar surface area (TPSA) is 18.5 Å². The average Bonchev–Trinajstić information content (AvgIpc) is 2.64. The Hall–Kier alpha value is -1.25. The maximum atomic E-state index is 6.67. The highest BCUT2D eigenvalue weighted by Gasteiger charge is 2.58. The first-order chi connectivity index (χ1) is 12.0. The first kappa shape index (κ1) is 20.1. The van der Waals surface area contributed by atoms with Gasteiger partial charge in [-0.05, 0) is 13.8 Å². The first-order valence-electron chi connectivity index (χ1n) is 9.03. The second-order valence-corrected chi connectivity index (χ2v) is 26.4. The maximum absolute atomic E-state index is 6.67. The monoisotopic (exact) mass is 386 g/mol. The van der Waals surface area contributed by atoms with Crippen molar-refractivity contribution in [2.45, 2.75) is 26.9 Å². The minimum absolute atomic E-state index is 0.694. The lowest BCUT2D eigenvalue weighted by atomic mass is 10.4. The van der Waals surface area contributed by atoms with E-state index in [0.29, 0.717) is 13.2 Å². The van der Waals surface area contributed by atoms with Crippen LogP contribution in [-0.2, 0) is 8.85 Å². The van der Waals surface area contributed by atoms with Crippen LogP contribution in [0.5, 0.6) is 0 Å². The van der Waals surface area contributed by atoms with Crippen molar-refractivity contribution in [3.8, 4) is 0 Å². The van der Waals surface area contributed by atoms with E-state index < -0.39 is 23.5 Å². The van der Waals surface area contributed by atoms with Crippen molar-refractivity contribution in [2.24, 2.45) is 0 Å². The van der Waals surface area contributed by atoms with Crippen LogP contribution in [0.3, 0.4) is 0 Å². The summed E-state index contributed by atoms with van der Waals surface area (Å²) in [5, 5.41) is 2.81. The molecule has 0 N–H and O–H groups in total. The molecule has 5 heteroatoms. The zero-order valence-electron chi connectivity index (χ0n) is 15.9. The molecule has 2 aromatic rings. The summed E-state index contributed by atoms with van der Waals surface area (Å²) < 4.78 is 13.3. The van der Waals surface area contributed by atoms with Gasteiger partial charge in [-0.25, -0.2) is 0 Å². The molecular weight excluding hydrogens is 356 g/mol. The SMILES string of the molecule is C=C[Si](C)(C)[Si](OCC)(OCC)[SiH](c1ccccc1)c1ccccc1. The van der Waals surface area contributed by atoms with Crippen LogP contribution in [0.25, 0.3) is 0 Å². The predicted molar refractivity (Wildman–Crippen MR) is 116 cm³/mol. The van der Waals surface area contributed by atoms with Gasteiger partial charge in [-0.1, -0.05) is 89.8 Å². The third kappa shape index (κ3) is 4.12. The summed E-state index contributed by atoms with van der Waals surface area (Å²) in [6.07, 6.45) is 0. The highest BCUT2D eigenvalue weighted by molar-refractivity contribution is 7.65. The molecule has 2 aromatic carbocycles. The normalized spacial score (nSPS) is 12.4. The zero-order chi connectivity index (χ0) is 18.3.